The molecule has 0 aliphatic rings. The van der Waals surface area contributed by atoms with Crippen molar-refractivity contribution in [3.05, 3.63) is 33.7 Å². The fourth-order valence-electron chi connectivity index (χ4n) is 1.21. The Morgan fingerprint density at radius 2 is 2.00 bits per heavy atom. The smallest absolute Gasteiger partial charge is 0.124 e. The van der Waals surface area contributed by atoms with Crippen molar-refractivity contribution >= 4 is 33.0 Å². The van der Waals surface area contributed by atoms with E-state index >= 15 is 0 Å². The molecule has 2 rings (SSSR count). The van der Waals surface area contributed by atoms with Gasteiger partial charge in [-0.2, -0.15) is 10.5 Å². The van der Waals surface area contributed by atoms with Gasteiger partial charge in [-0.3, -0.25) is 0 Å². The van der Waals surface area contributed by atoms with E-state index in [9.17, 15) is 0 Å². The molecule has 66 valence electrons. The summed E-state index contributed by atoms with van der Waals surface area (Å²) in [5.74, 6) is 0. The third kappa shape index (κ3) is 1.24. The molecule has 0 aliphatic carbocycles. The first-order valence-electron chi connectivity index (χ1n) is 3.78. The van der Waals surface area contributed by atoms with Crippen LogP contribution in [0.1, 0.15) is 10.4 Å². The van der Waals surface area contributed by atoms with Crippen LogP contribution in [-0.2, 0) is 0 Å². The minimum absolute atomic E-state index is 0.483. The molecule has 0 unspecified atom stereocenters. The summed E-state index contributed by atoms with van der Waals surface area (Å²) in [5, 5.41) is 18.8. The third-order valence-corrected chi connectivity index (χ3v) is 3.42. The highest BCUT2D eigenvalue weighted by Crippen LogP contribution is 2.34. The molecule has 1 aromatic carbocycles. The first-order chi connectivity index (χ1) is 6.76. The molecule has 0 saturated carbocycles. The van der Waals surface area contributed by atoms with Gasteiger partial charge in [0.1, 0.15) is 10.9 Å². The molecule has 1 aromatic heterocycles. The summed E-state index contributed by atoms with van der Waals surface area (Å²) in [7, 11) is 0. The van der Waals surface area contributed by atoms with Crippen molar-refractivity contribution in [3.8, 4) is 12.1 Å². The van der Waals surface area contributed by atoms with Crippen LogP contribution in [0.5, 0.6) is 0 Å². The molecule has 2 nitrogen and oxygen atoms in total. The first kappa shape index (κ1) is 9.02. The number of hydrogen-bond donors (Lipinski definition) is 0. The van der Waals surface area contributed by atoms with Crippen LogP contribution in [0.4, 0.5) is 0 Å². The average Bonchev–Trinajstić information content (AvgIpc) is 2.55. The van der Waals surface area contributed by atoms with E-state index in [-0.39, 0.29) is 0 Å². The van der Waals surface area contributed by atoms with Crippen molar-refractivity contribution in [2.75, 3.05) is 0 Å². The van der Waals surface area contributed by atoms with E-state index in [4.69, 9.17) is 22.1 Å². The van der Waals surface area contributed by atoms with Crippen molar-refractivity contribution in [3.63, 3.8) is 0 Å². The van der Waals surface area contributed by atoms with Crippen molar-refractivity contribution in [2.45, 2.75) is 0 Å². The number of halogens is 1. The van der Waals surface area contributed by atoms with Crippen molar-refractivity contribution in [2.24, 2.45) is 0 Å². The average molecular weight is 219 g/mol. The maximum Gasteiger partial charge on any atom is 0.124 e. The number of rotatable bonds is 0. The van der Waals surface area contributed by atoms with Gasteiger partial charge in [-0.15, -0.1) is 11.3 Å². The monoisotopic (exact) mass is 218 g/mol. The summed E-state index contributed by atoms with van der Waals surface area (Å²) < 4.78 is 0.880. The quantitative estimate of drug-likeness (QED) is 0.681. The Kier molecular flexibility index (Phi) is 2.13. The van der Waals surface area contributed by atoms with Gasteiger partial charge in [0.2, 0.25) is 0 Å². The summed E-state index contributed by atoms with van der Waals surface area (Å²) >= 11 is 7.27. The van der Waals surface area contributed by atoms with Gasteiger partial charge in [-0.25, -0.2) is 0 Å². The van der Waals surface area contributed by atoms with Crippen molar-refractivity contribution in [1.82, 2.24) is 0 Å². The van der Waals surface area contributed by atoms with E-state index in [1.807, 2.05) is 12.1 Å². The number of nitrogens with zero attached hydrogens (tertiary/aromatic N) is 2. The Morgan fingerprint density at radius 1 is 1.21 bits per heavy atom. The van der Waals surface area contributed by atoms with Gasteiger partial charge in [0, 0.05) is 10.1 Å². The van der Waals surface area contributed by atoms with Gasteiger partial charge in [0.25, 0.3) is 0 Å². The van der Waals surface area contributed by atoms with Gasteiger partial charge >= 0.3 is 0 Å². The topological polar surface area (TPSA) is 47.6 Å². The SMILES string of the molecule is N#Cc1ccc2c(Cl)c(C#N)sc2c1. The van der Waals surface area contributed by atoms with Crippen LogP contribution in [0.3, 0.4) is 0 Å². The van der Waals surface area contributed by atoms with E-state index in [2.05, 4.69) is 0 Å². The number of hydrogen-bond acceptors (Lipinski definition) is 3. The second kappa shape index (κ2) is 3.31. The maximum absolute atomic E-state index is 8.76. The fourth-order valence-corrected chi connectivity index (χ4v) is 2.52. The molecule has 2 aromatic rings. The lowest BCUT2D eigenvalue weighted by molar-refractivity contribution is 1.50. The molecule has 1 heterocycles. The van der Waals surface area contributed by atoms with Gasteiger partial charge in [0.15, 0.2) is 0 Å². The van der Waals surface area contributed by atoms with Gasteiger partial charge in [-0.05, 0) is 12.1 Å². The molecular weight excluding hydrogens is 216 g/mol. The van der Waals surface area contributed by atoms with Crippen LogP contribution < -0.4 is 0 Å². The molecule has 14 heavy (non-hydrogen) atoms. The molecule has 0 N–H and O–H groups in total. The van der Waals surface area contributed by atoms with E-state index < -0.39 is 0 Å². The van der Waals surface area contributed by atoms with Crippen LogP contribution >= 0.6 is 22.9 Å². The van der Waals surface area contributed by atoms with Gasteiger partial charge in [0.05, 0.1) is 16.7 Å². The van der Waals surface area contributed by atoms with Crippen LogP contribution in [0.2, 0.25) is 5.02 Å². The molecule has 0 radical (unpaired) electrons. The summed E-state index contributed by atoms with van der Waals surface area (Å²) in [6.45, 7) is 0. The minimum atomic E-state index is 0.483. The fraction of sp³-hybridized carbons (Fsp3) is 0. The lowest BCUT2D eigenvalue weighted by Crippen LogP contribution is -1.71. The van der Waals surface area contributed by atoms with E-state index in [1.54, 1.807) is 18.2 Å². The van der Waals surface area contributed by atoms with Crippen LogP contribution in [0.15, 0.2) is 18.2 Å². The zero-order valence-corrected chi connectivity index (χ0v) is 8.49. The van der Waals surface area contributed by atoms with Crippen LogP contribution in [0, 0.1) is 22.7 Å². The molecule has 0 saturated heterocycles. The van der Waals surface area contributed by atoms with Gasteiger partial charge < -0.3 is 0 Å². The van der Waals surface area contributed by atoms with E-state index in [1.165, 1.54) is 11.3 Å². The Balaban J connectivity index is 2.82. The minimum Gasteiger partial charge on any atom is -0.192 e. The highest BCUT2D eigenvalue weighted by atomic mass is 35.5. The number of benzene rings is 1. The summed E-state index contributed by atoms with van der Waals surface area (Å²) in [5.41, 5.74) is 0.583. The van der Waals surface area contributed by atoms with Crippen molar-refractivity contribution < 1.29 is 0 Å². The maximum atomic E-state index is 8.76. The second-order valence-corrected chi connectivity index (χ2v) is 4.11. The zero-order chi connectivity index (χ0) is 10.1. The lowest BCUT2D eigenvalue weighted by Gasteiger charge is -1.89. The highest BCUT2D eigenvalue weighted by molar-refractivity contribution is 7.20. The van der Waals surface area contributed by atoms with Crippen LogP contribution in [-0.4, -0.2) is 0 Å². The molecule has 0 fully saturated rings. The Labute approximate surface area is 89.6 Å². The standard InChI is InChI=1S/C10H3ClN2S/c11-10-7-2-1-6(4-12)3-8(7)14-9(10)5-13/h1-3H. The first-order valence-corrected chi connectivity index (χ1v) is 4.98. The summed E-state index contributed by atoms with van der Waals surface area (Å²) in [6.07, 6.45) is 0. The van der Waals surface area contributed by atoms with E-state index in [0.717, 1.165) is 10.1 Å². The second-order valence-electron chi connectivity index (χ2n) is 2.68. The molecule has 4 heteroatoms. The molecule has 0 bridgehead atoms. The Morgan fingerprint density at radius 3 is 2.64 bits per heavy atom. The zero-order valence-electron chi connectivity index (χ0n) is 6.91. The van der Waals surface area contributed by atoms with Crippen LogP contribution in [0.25, 0.3) is 10.1 Å². The number of thiophene rings is 1. The van der Waals surface area contributed by atoms with E-state index in [0.29, 0.717) is 15.5 Å². The molecule has 0 aliphatic heterocycles. The Bertz CT molecular complexity index is 586. The predicted molar refractivity (Wildman–Crippen MR) is 56.3 cm³/mol. The summed E-state index contributed by atoms with van der Waals surface area (Å²) in [6, 6.07) is 9.28. The summed E-state index contributed by atoms with van der Waals surface area (Å²) in [4.78, 5) is 0.497. The number of fused-ring (bicyclic) bond motifs is 1. The molecule has 0 amide bonds. The molecular formula is C10H3ClN2S. The largest absolute Gasteiger partial charge is 0.192 e. The number of nitriles is 2. The molecule has 0 atom stereocenters. The molecule has 0 spiro atoms. The normalized spacial score (nSPS) is 9.64. The third-order valence-electron chi connectivity index (χ3n) is 1.86. The predicted octanol–water partition coefficient (Wildman–Crippen LogP) is 3.30. The highest BCUT2D eigenvalue weighted by Gasteiger charge is 2.09. The Hall–Kier alpha value is -1.55. The lowest BCUT2D eigenvalue weighted by atomic mass is 10.2. The van der Waals surface area contributed by atoms with Gasteiger partial charge in [-0.1, -0.05) is 17.7 Å². The van der Waals surface area contributed by atoms with Crippen molar-refractivity contribution in [1.29, 1.82) is 10.5 Å².